The van der Waals surface area contributed by atoms with Gasteiger partial charge in [-0.25, -0.2) is 9.59 Å². The van der Waals surface area contributed by atoms with Crippen molar-refractivity contribution in [2.75, 3.05) is 32.7 Å². The summed E-state index contributed by atoms with van der Waals surface area (Å²) in [5, 5.41) is 9.27. The quantitative estimate of drug-likeness (QED) is 0.816. The van der Waals surface area contributed by atoms with Gasteiger partial charge in [-0.1, -0.05) is 13.8 Å². The second kappa shape index (κ2) is 6.54. The summed E-state index contributed by atoms with van der Waals surface area (Å²) in [7, 11) is 0. The normalized spacial score (nSPS) is 38.5. The zero-order chi connectivity index (χ0) is 19.4. The molecule has 1 N–H and O–H groups in total. The number of likely N-dealkylation sites (tertiary alicyclic amines) is 2. The average molecular weight is 380 g/mol. The number of likely N-dealkylation sites (N-methyl/N-ethyl adjacent to an activating group) is 1. The van der Waals surface area contributed by atoms with Crippen LogP contribution in [0.5, 0.6) is 0 Å². The molecule has 2 spiro atoms. The van der Waals surface area contributed by atoms with Crippen LogP contribution >= 0.6 is 0 Å². The first-order valence-electron chi connectivity index (χ1n) is 10.6. The van der Waals surface area contributed by atoms with Gasteiger partial charge in [0, 0.05) is 51.6 Å². The Morgan fingerprint density at radius 1 is 1.22 bits per heavy atom. The van der Waals surface area contributed by atoms with E-state index in [-0.39, 0.29) is 23.2 Å². The first-order chi connectivity index (χ1) is 12.9. The minimum atomic E-state index is -0.781. The van der Waals surface area contributed by atoms with Gasteiger partial charge in [0.15, 0.2) is 0 Å². The minimum Gasteiger partial charge on any atom is -0.465 e. The number of hydrogen-bond donors (Lipinski definition) is 1. The summed E-state index contributed by atoms with van der Waals surface area (Å²) in [5.74, 6) is 0.524. The molecule has 0 aromatic heterocycles. The van der Waals surface area contributed by atoms with Gasteiger partial charge in [-0.15, -0.1) is 0 Å². The largest absolute Gasteiger partial charge is 0.465 e. The molecule has 3 heterocycles. The zero-order valence-electron chi connectivity index (χ0n) is 16.8. The maximum Gasteiger partial charge on any atom is 0.410 e. The maximum atomic E-state index is 12.3. The molecule has 4 rings (SSSR count). The highest BCUT2D eigenvalue weighted by Crippen LogP contribution is 2.55. The molecule has 1 saturated carbocycles. The summed E-state index contributed by atoms with van der Waals surface area (Å²) in [6.07, 6.45) is 3.92. The number of carbonyl (C=O) groups is 2. The van der Waals surface area contributed by atoms with Gasteiger partial charge in [-0.3, -0.25) is 4.90 Å². The van der Waals surface area contributed by atoms with E-state index in [1.165, 1.54) is 0 Å². The molecule has 0 aromatic rings. The molecule has 152 valence electrons. The van der Waals surface area contributed by atoms with Crippen LogP contribution in [0.15, 0.2) is 0 Å². The number of piperidine rings is 1. The summed E-state index contributed by atoms with van der Waals surface area (Å²) in [4.78, 5) is 29.6. The van der Waals surface area contributed by atoms with E-state index < -0.39 is 6.09 Å². The van der Waals surface area contributed by atoms with E-state index in [1.807, 2.05) is 11.8 Å². The second-order valence-electron chi connectivity index (χ2n) is 9.06. The molecule has 0 aromatic carbocycles. The van der Waals surface area contributed by atoms with E-state index in [9.17, 15) is 14.7 Å². The molecule has 4 fully saturated rings. The Balaban J connectivity index is 1.37. The van der Waals surface area contributed by atoms with Gasteiger partial charge in [-0.2, -0.15) is 0 Å². The third-order valence-electron chi connectivity index (χ3n) is 8.16. The first kappa shape index (κ1) is 18.8. The van der Waals surface area contributed by atoms with E-state index in [1.54, 1.807) is 4.90 Å². The smallest absolute Gasteiger partial charge is 0.410 e. The summed E-state index contributed by atoms with van der Waals surface area (Å²) in [6.45, 7) is 10.5. The standard InChI is InChI=1S/C20H33N3O4/c1-4-16-20(27-18(26)23(16)5-2)7-10-21(11-8-20)15-12-19(14(15)3)6-9-22(13-19)17(24)25/h14-16H,4-13H2,1-3H3,(H,24,25). The van der Waals surface area contributed by atoms with E-state index in [4.69, 9.17) is 4.74 Å². The lowest BCUT2D eigenvalue weighted by molar-refractivity contribution is -0.0962. The molecule has 3 saturated heterocycles. The van der Waals surface area contributed by atoms with E-state index in [0.29, 0.717) is 31.6 Å². The molecule has 4 aliphatic rings. The SMILES string of the molecule is CCC1N(CC)C(=O)OC12CCN(C1CC3(CCN(C(=O)O)C3)C1C)CC2. The van der Waals surface area contributed by atoms with Crippen LogP contribution in [-0.2, 0) is 4.74 Å². The average Bonchev–Trinajstić information content (AvgIpc) is 3.22. The minimum absolute atomic E-state index is 0.145. The van der Waals surface area contributed by atoms with Crippen LogP contribution in [0.3, 0.4) is 0 Å². The van der Waals surface area contributed by atoms with E-state index in [0.717, 1.165) is 45.2 Å². The van der Waals surface area contributed by atoms with Gasteiger partial charge in [-0.05, 0) is 37.5 Å². The molecule has 7 nitrogen and oxygen atoms in total. The molecule has 27 heavy (non-hydrogen) atoms. The zero-order valence-corrected chi connectivity index (χ0v) is 16.8. The fourth-order valence-electron chi connectivity index (χ4n) is 6.39. The lowest BCUT2D eigenvalue weighted by atomic mass is 9.56. The predicted molar refractivity (Wildman–Crippen MR) is 101 cm³/mol. The van der Waals surface area contributed by atoms with Gasteiger partial charge in [0.25, 0.3) is 0 Å². The molecule has 3 aliphatic heterocycles. The Bertz CT molecular complexity index is 618. The van der Waals surface area contributed by atoms with Crippen LogP contribution in [0.25, 0.3) is 0 Å². The Labute approximate surface area is 161 Å². The highest BCUT2D eigenvalue weighted by molar-refractivity contribution is 5.71. The van der Waals surface area contributed by atoms with Gasteiger partial charge >= 0.3 is 12.2 Å². The number of carbonyl (C=O) groups excluding carboxylic acids is 1. The predicted octanol–water partition coefficient (Wildman–Crippen LogP) is 2.85. The second-order valence-corrected chi connectivity index (χ2v) is 9.06. The van der Waals surface area contributed by atoms with E-state index >= 15 is 0 Å². The van der Waals surface area contributed by atoms with Crippen LogP contribution in [0.1, 0.15) is 52.9 Å². The van der Waals surface area contributed by atoms with Crippen LogP contribution in [0.4, 0.5) is 9.59 Å². The van der Waals surface area contributed by atoms with E-state index in [2.05, 4.69) is 18.7 Å². The number of ether oxygens (including phenoxy) is 1. The lowest BCUT2D eigenvalue weighted by Crippen LogP contribution is -2.62. The maximum absolute atomic E-state index is 12.3. The number of carboxylic acid groups (broad SMARTS) is 1. The van der Waals surface area contributed by atoms with Crippen LogP contribution < -0.4 is 0 Å². The Kier molecular flexibility index (Phi) is 4.56. The fourth-order valence-corrected chi connectivity index (χ4v) is 6.39. The third kappa shape index (κ3) is 2.72. The fraction of sp³-hybridized carbons (Fsp3) is 0.900. The number of rotatable bonds is 3. The monoisotopic (exact) mass is 379 g/mol. The number of nitrogens with zero attached hydrogens (tertiary/aromatic N) is 3. The molecule has 1 aliphatic carbocycles. The third-order valence-corrected chi connectivity index (χ3v) is 8.16. The van der Waals surface area contributed by atoms with Crippen molar-refractivity contribution in [1.82, 2.24) is 14.7 Å². The molecule has 4 unspecified atom stereocenters. The molecule has 4 atom stereocenters. The summed E-state index contributed by atoms with van der Waals surface area (Å²) >= 11 is 0. The van der Waals surface area contributed by atoms with Crippen molar-refractivity contribution in [3.8, 4) is 0 Å². The van der Waals surface area contributed by atoms with Gasteiger partial charge in [0.1, 0.15) is 5.60 Å². The molecule has 0 radical (unpaired) electrons. The number of amides is 2. The number of hydrogen-bond acceptors (Lipinski definition) is 4. The molecule has 2 amide bonds. The highest BCUT2D eigenvalue weighted by Gasteiger charge is 2.59. The Hall–Kier alpha value is -1.50. The molecular formula is C20H33N3O4. The molecular weight excluding hydrogens is 346 g/mol. The molecule has 0 bridgehead atoms. The van der Waals surface area contributed by atoms with Gasteiger partial charge in [0.2, 0.25) is 0 Å². The van der Waals surface area contributed by atoms with Gasteiger partial charge < -0.3 is 19.6 Å². The molecule has 7 heteroatoms. The van der Waals surface area contributed by atoms with Crippen LogP contribution in [0, 0.1) is 11.3 Å². The summed E-state index contributed by atoms with van der Waals surface area (Å²) < 4.78 is 5.93. The van der Waals surface area contributed by atoms with Crippen molar-refractivity contribution in [3.63, 3.8) is 0 Å². The summed E-state index contributed by atoms with van der Waals surface area (Å²) in [5.41, 5.74) is -0.126. The van der Waals surface area contributed by atoms with Crippen molar-refractivity contribution in [1.29, 1.82) is 0 Å². The van der Waals surface area contributed by atoms with Crippen molar-refractivity contribution in [2.24, 2.45) is 11.3 Å². The Morgan fingerprint density at radius 3 is 2.44 bits per heavy atom. The van der Waals surface area contributed by atoms with Crippen molar-refractivity contribution in [3.05, 3.63) is 0 Å². The van der Waals surface area contributed by atoms with Gasteiger partial charge in [0.05, 0.1) is 6.04 Å². The van der Waals surface area contributed by atoms with Crippen LogP contribution in [-0.4, -0.2) is 82.4 Å². The highest BCUT2D eigenvalue weighted by atomic mass is 16.6. The van der Waals surface area contributed by atoms with Crippen LogP contribution in [0.2, 0.25) is 0 Å². The topological polar surface area (TPSA) is 73.3 Å². The Morgan fingerprint density at radius 2 is 1.93 bits per heavy atom. The first-order valence-corrected chi connectivity index (χ1v) is 10.6. The van der Waals surface area contributed by atoms with Crippen molar-refractivity contribution < 1.29 is 19.4 Å². The van der Waals surface area contributed by atoms with Crippen molar-refractivity contribution >= 4 is 12.2 Å². The lowest BCUT2D eigenvalue weighted by Gasteiger charge is -2.57. The summed E-state index contributed by atoms with van der Waals surface area (Å²) in [6, 6.07) is 0.733. The van der Waals surface area contributed by atoms with Crippen molar-refractivity contribution in [2.45, 2.75) is 70.6 Å².